The molecule has 1 aliphatic carbocycles. The van der Waals surface area contributed by atoms with Gasteiger partial charge in [-0.1, -0.05) is 6.42 Å². The maximum atomic E-state index is 11.4. The molecule has 0 radical (unpaired) electrons. The zero-order valence-electron chi connectivity index (χ0n) is 8.21. The molecular weight excluding hydrogens is 168 g/mol. The summed E-state index contributed by atoms with van der Waals surface area (Å²) in [6.45, 7) is 1.84. The summed E-state index contributed by atoms with van der Waals surface area (Å²) in [4.78, 5) is 11.4. The summed E-state index contributed by atoms with van der Waals surface area (Å²) < 4.78 is 10.5. The summed E-state index contributed by atoms with van der Waals surface area (Å²) in [5, 5.41) is 0. The van der Waals surface area contributed by atoms with Gasteiger partial charge >= 0.3 is 5.97 Å². The van der Waals surface area contributed by atoms with Crippen molar-refractivity contribution in [3.8, 4) is 0 Å². The van der Waals surface area contributed by atoms with E-state index in [1.165, 1.54) is 20.0 Å². The number of hydrogen-bond donors (Lipinski definition) is 0. The number of methoxy groups -OCH3 is 1. The standard InChI is InChI=1S/C10H16O3/c1-10(9(11)12-2)6-7-4-3-5-8(7)13-10/h7-8H,3-6H2,1-2H3/t7-,8-,10+/m1/s1. The van der Waals surface area contributed by atoms with E-state index in [0.717, 1.165) is 12.8 Å². The second-order valence-electron chi connectivity index (χ2n) is 4.27. The Balaban J connectivity index is 2.08. The molecule has 3 atom stereocenters. The van der Waals surface area contributed by atoms with Crippen LogP contribution in [0, 0.1) is 5.92 Å². The van der Waals surface area contributed by atoms with Crippen molar-refractivity contribution < 1.29 is 14.3 Å². The first-order chi connectivity index (χ1) is 6.15. The Bertz CT molecular complexity index is 212. The number of ether oxygens (including phenoxy) is 2. The molecule has 1 aliphatic heterocycles. The highest BCUT2D eigenvalue weighted by Crippen LogP contribution is 2.44. The second-order valence-corrected chi connectivity index (χ2v) is 4.27. The van der Waals surface area contributed by atoms with Crippen LogP contribution in [-0.2, 0) is 14.3 Å². The highest BCUT2D eigenvalue weighted by Gasteiger charge is 2.50. The number of carbonyl (C=O) groups is 1. The summed E-state index contributed by atoms with van der Waals surface area (Å²) in [6, 6.07) is 0. The van der Waals surface area contributed by atoms with Gasteiger partial charge in [-0.15, -0.1) is 0 Å². The molecule has 2 rings (SSSR count). The number of hydrogen-bond acceptors (Lipinski definition) is 3. The van der Waals surface area contributed by atoms with Gasteiger partial charge < -0.3 is 9.47 Å². The van der Waals surface area contributed by atoms with Crippen LogP contribution < -0.4 is 0 Å². The van der Waals surface area contributed by atoms with Crippen LogP contribution in [0.3, 0.4) is 0 Å². The molecule has 0 amide bonds. The van der Waals surface area contributed by atoms with E-state index in [2.05, 4.69) is 0 Å². The molecule has 0 aromatic rings. The molecule has 0 aromatic carbocycles. The smallest absolute Gasteiger partial charge is 0.337 e. The van der Waals surface area contributed by atoms with Crippen molar-refractivity contribution in [1.29, 1.82) is 0 Å². The van der Waals surface area contributed by atoms with Crippen LogP contribution >= 0.6 is 0 Å². The van der Waals surface area contributed by atoms with Crippen LogP contribution in [-0.4, -0.2) is 24.8 Å². The number of rotatable bonds is 1. The monoisotopic (exact) mass is 184 g/mol. The zero-order chi connectivity index (χ0) is 9.47. The Kier molecular flexibility index (Phi) is 2.06. The molecule has 0 aromatic heterocycles. The van der Waals surface area contributed by atoms with Crippen molar-refractivity contribution in [2.45, 2.75) is 44.3 Å². The van der Waals surface area contributed by atoms with Crippen molar-refractivity contribution in [2.24, 2.45) is 5.92 Å². The van der Waals surface area contributed by atoms with Gasteiger partial charge in [0.1, 0.15) is 0 Å². The van der Waals surface area contributed by atoms with E-state index in [9.17, 15) is 4.79 Å². The van der Waals surface area contributed by atoms with Gasteiger partial charge in [0, 0.05) is 0 Å². The van der Waals surface area contributed by atoms with Gasteiger partial charge in [-0.05, 0) is 32.1 Å². The van der Waals surface area contributed by atoms with E-state index in [-0.39, 0.29) is 5.97 Å². The van der Waals surface area contributed by atoms with Gasteiger partial charge in [-0.25, -0.2) is 4.79 Å². The minimum absolute atomic E-state index is 0.220. The summed E-state index contributed by atoms with van der Waals surface area (Å²) in [5.74, 6) is 0.367. The van der Waals surface area contributed by atoms with Crippen LogP contribution in [0.5, 0.6) is 0 Å². The number of fused-ring (bicyclic) bond motifs is 1. The third-order valence-electron chi connectivity index (χ3n) is 3.27. The summed E-state index contributed by atoms with van der Waals surface area (Å²) in [7, 11) is 1.42. The minimum atomic E-state index is -0.662. The Morgan fingerprint density at radius 3 is 2.92 bits per heavy atom. The molecular formula is C10H16O3. The predicted molar refractivity (Wildman–Crippen MR) is 47.3 cm³/mol. The Hall–Kier alpha value is -0.570. The predicted octanol–water partition coefficient (Wildman–Crippen LogP) is 1.51. The molecule has 2 fully saturated rings. The molecule has 1 heterocycles. The van der Waals surface area contributed by atoms with Gasteiger partial charge in [0.05, 0.1) is 13.2 Å². The molecule has 13 heavy (non-hydrogen) atoms. The molecule has 0 N–H and O–H groups in total. The van der Waals surface area contributed by atoms with E-state index < -0.39 is 5.60 Å². The van der Waals surface area contributed by atoms with Gasteiger partial charge in [0.25, 0.3) is 0 Å². The summed E-state index contributed by atoms with van der Waals surface area (Å²) in [5.41, 5.74) is -0.662. The molecule has 2 aliphatic rings. The van der Waals surface area contributed by atoms with E-state index in [4.69, 9.17) is 9.47 Å². The van der Waals surface area contributed by atoms with Crippen LogP contribution in [0.1, 0.15) is 32.6 Å². The van der Waals surface area contributed by atoms with E-state index in [0.29, 0.717) is 12.0 Å². The second kappa shape index (κ2) is 2.98. The van der Waals surface area contributed by atoms with Crippen LogP contribution in [0.25, 0.3) is 0 Å². The molecule has 1 saturated carbocycles. The fourth-order valence-corrected chi connectivity index (χ4v) is 2.62. The Labute approximate surface area is 78.4 Å². The third kappa shape index (κ3) is 1.35. The van der Waals surface area contributed by atoms with E-state index >= 15 is 0 Å². The number of esters is 1. The molecule has 74 valence electrons. The summed E-state index contributed by atoms with van der Waals surface area (Å²) >= 11 is 0. The molecule has 3 heteroatoms. The van der Waals surface area contributed by atoms with Crippen LogP contribution in [0.4, 0.5) is 0 Å². The zero-order valence-corrected chi connectivity index (χ0v) is 8.21. The average molecular weight is 184 g/mol. The topological polar surface area (TPSA) is 35.5 Å². The molecule has 0 unspecified atom stereocenters. The van der Waals surface area contributed by atoms with E-state index in [1.807, 2.05) is 6.92 Å². The largest absolute Gasteiger partial charge is 0.467 e. The van der Waals surface area contributed by atoms with Crippen molar-refractivity contribution in [1.82, 2.24) is 0 Å². The lowest BCUT2D eigenvalue weighted by Gasteiger charge is -2.21. The highest BCUT2D eigenvalue weighted by atomic mass is 16.6. The van der Waals surface area contributed by atoms with Crippen molar-refractivity contribution in [3.63, 3.8) is 0 Å². The molecule has 1 saturated heterocycles. The normalized spacial score (nSPS) is 43.2. The quantitative estimate of drug-likeness (QED) is 0.579. The fraction of sp³-hybridized carbons (Fsp3) is 0.900. The Morgan fingerprint density at radius 2 is 2.31 bits per heavy atom. The minimum Gasteiger partial charge on any atom is -0.467 e. The first kappa shape index (κ1) is 9.00. The van der Waals surface area contributed by atoms with Gasteiger partial charge in [-0.2, -0.15) is 0 Å². The molecule has 3 nitrogen and oxygen atoms in total. The fourth-order valence-electron chi connectivity index (χ4n) is 2.62. The lowest BCUT2D eigenvalue weighted by atomic mass is 9.94. The van der Waals surface area contributed by atoms with Crippen molar-refractivity contribution in [2.75, 3.05) is 7.11 Å². The first-order valence-corrected chi connectivity index (χ1v) is 4.92. The first-order valence-electron chi connectivity index (χ1n) is 4.92. The van der Waals surface area contributed by atoms with Crippen molar-refractivity contribution >= 4 is 5.97 Å². The third-order valence-corrected chi connectivity index (χ3v) is 3.27. The van der Waals surface area contributed by atoms with Crippen LogP contribution in [0.15, 0.2) is 0 Å². The van der Waals surface area contributed by atoms with Gasteiger partial charge in [0.15, 0.2) is 5.60 Å². The summed E-state index contributed by atoms with van der Waals surface area (Å²) in [6.07, 6.45) is 4.70. The van der Waals surface area contributed by atoms with Crippen LogP contribution in [0.2, 0.25) is 0 Å². The maximum Gasteiger partial charge on any atom is 0.337 e. The SMILES string of the molecule is COC(=O)[C@]1(C)C[C@H]2CCC[C@H]2O1. The lowest BCUT2D eigenvalue weighted by Crippen LogP contribution is -2.36. The van der Waals surface area contributed by atoms with Gasteiger partial charge in [-0.3, -0.25) is 0 Å². The molecule has 0 bridgehead atoms. The Morgan fingerprint density at radius 1 is 1.54 bits per heavy atom. The van der Waals surface area contributed by atoms with E-state index in [1.54, 1.807) is 0 Å². The molecule has 0 spiro atoms. The van der Waals surface area contributed by atoms with Gasteiger partial charge in [0.2, 0.25) is 0 Å². The maximum absolute atomic E-state index is 11.4. The van der Waals surface area contributed by atoms with Crippen molar-refractivity contribution in [3.05, 3.63) is 0 Å². The average Bonchev–Trinajstić information content (AvgIpc) is 2.61. The lowest BCUT2D eigenvalue weighted by molar-refractivity contribution is -0.165. The highest BCUT2D eigenvalue weighted by molar-refractivity contribution is 5.79. The number of carbonyl (C=O) groups excluding carboxylic acids is 1.